The molecule has 0 aliphatic carbocycles. The monoisotopic (exact) mass is 242 g/mol. The molecule has 1 heterocycles. The molecule has 0 saturated heterocycles. The molecule has 0 spiro atoms. The van der Waals surface area contributed by atoms with Gasteiger partial charge >= 0.3 is 11.7 Å². The molecule has 0 aromatic carbocycles. The molecule has 17 heavy (non-hydrogen) atoms. The van der Waals surface area contributed by atoms with E-state index >= 15 is 0 Å². The summed E-state index contributed by atoms with van der Waals surface area (Å²) < 4.78 is 0. The van der Waals surface area contributed by atoms with Gasteiger partial charge in [-0.3, -0.25) is 14.6 Å². The lowest BCUT2D eigenvalue weighted by Crippen LogP contribution is -2.27. The van der Waals surface area contributed by atoms with Crippen molar-refractivity contribution in [3.8, 4) is 0 Å². The normalized spacial score (nSPS) is 12.1. The van der Waals surface area contributed by atoms with Crippen LogP contribution in [0.15, 0.2) is 9.59 Å². The Labute approximate surface area is 96.1 Å². The minimum atomic E-state index is -0.843. The second-order valence-corrected chi connectivity index (χ2v) is 3.66. The first-order chi connectivity index (χ1) is 8.00. The van der Waals surface area contributed by atoms with Gasteiger partial charge < -0.3 is 10.4 Å². The van der Waals surface area contributed by atoms with Crippen molar-refractivity contribution in [3.05, 3.63) is 20.8 Å². The quantitative estimate of drug-likeness (QED) is 0.492. The van der Waals surface area contributed by atoms with Crippen LogP contribution >= 0.6 is 0 Å². The fraction of sp³-hybridized carbons (Fsp3) is 0.556. The number of aromatic nitrogens is 3. The van der Waals surface area contributed by atoms with E-state index in [4.69, 9.17) is 5.11 Å². The summed E-state index contributed by atoms with van der Waals surface area (Å²) in [5.74, 6) is -1.24. The molecular formula is C9H14N4O4. The minimum Gasteiger partial charge on any atom is -0.481 e. The van der Waals surface area contributed by atoms with Gasteiger partial charge in [-0.25, -0.2) is 9.89 Å². The van der Waals surface area contributed by atoms with Gasteiger partial charge in [0.2, 0.25) is 5.82 Å². The molecule has 8 heteroatoms. The van der Waals surface area contributed by atoms with Crippen LogP contribution in [0.3, 0.4) is 0 Å². The lowest BCUT2D eigenvalue weighted by molar-refractivity contribution is -0.141. The zero-order valence-electron chi connectivity index (χ0n) is 9.32. The van der Waals surface area contributed by atoms with Crippen LogP contribution in [0.5, 0.6) is 0 Å². The Hall–Kier alpha value is -2.12. The average molecular weight is 242 g/mol. The van der Waals surface area contributed by atoms with E-state index in [1.54, 1.807) is 6.92 Å². The Morgan fingerprint density at radius 2 is 2.24 bits per heavy atom. The number of rotatable bonds is 6. The molecule has 0 saturated carbocycles. The average Bonchev–Trinajstić information content (AvgIpc) is 2.26. The number of aliphatic carboxylic acids is 1. The third kappa shape index (κ3) is 4.09. The third-order valence-corrected chi connectivity index (χ3v) is 2.24. The number of carboxylic acids is 1. The van der Waals surface area contributed by atoms with E-state index in [2.05, 4.69) is 15.5 Å². The SMILES string of the molecule is CC(CCCNc1n[nH]c(=O)[nH]c1=O)C(=O)O. The molecule has 1 aromatic heterocycles. The Bertz CT molecular complexity index is 492. The van der Waals surface area contributed by atoms with Crippen molar-refractivity contribution >= 4 is 11.8 Å². The molecule has 1 unspecified atom stereocenters. The molecule has 0 bridgehead atoms. The lowest BCUT2D eigenvalue weighted by atomic mass is 10.1. The molecule has 4 N–H and O–H groups in total. The van der Waals surface area contributed by atoms with Crippen molar-refractivity contribution < 1.29 is 9.90 Å². The Morgan fingerprint density at radius 1 is 1.53 bits per heavy atom. The highest BCUT2D eigenvalue weighted by Crippen LogP contribution is 2.05. The van der Waals surface area contributed by atoms with E-state index < -0.39 is 23.1 Å². The van der Waals surface area contributed by atoms with Crippen molar-refractivity contribution in [3.63, 3.8) is 0 Å². The molecule has 0 radical (unpaired) electrons. The summed E-state index contributed by atoms with van der Waals surface area (Å²) in [6.07, 6.45) is 1.09. The third-order valence-electron chi connectivity index (χ3n) is 2.24. The Balaban J connectivity index is 2.39. The maximum Gasteiger partial charge on any atom is 0.342 e. The van der Waals surface area contributed by atoms with Gasteiger partial charge in [-0.1, -0.05) is 6.92 Å². The summed E-state index contributed by atoms with van der Waals surface area (Å²) in [6.45, 7) is 2.03. The van der Waals surface area contributed by atoms with Crippen LogP contribution in [0.4, 0.5) is 5.82 Å². The number of hydrogen-bond donors (Lipinski definition) is 4. The molecule has 8 nitrogen and oxygen atoms in total. The highest BCUT2D eigenvalue weighted by atomic mass is 16.4. The van der Waals surface area contributed by atoms with Crippen LogP contribution in [-0.2, 0) is 4.79 Å². The van der Waals surface area contributed by atoms with E-state index in [-0.39, 0.29) is 5.82 Å². The molecule has 1 rings (SSSR count). The fourth-order valence-corrected chi connectivity index (χ4v) is 1.21. The zero-order chi connectivity index (χ0) is 12.8. The first-order valence-electron chi connectivity index (χ1n) is 5.16. The number of carboxylic acid groups (broad SMARTS) is 1. The van der Waals surface area contributed by atoms with Gasteiger partial charge in [0.05, 0.1) is 5.92 Å². The number of hydrogen-bond acceptors (Lipinski definition) is 5. The Kier molecular flexibility index (Phi) is 4.44. The van der Waals surface area contributed by atoms with Gasteiger partial charge in [-0.15, -0.1) is 5.10 Å². The summed E-state index contributed by atoms with van der Waals surface area (Å²) in [5.41, 5.74) is -1.26. The van der Waals surface area contributed by atoms with Gasteiger partial charge in [0.15, 0.2) is 0 Å². The smallest absolute Gasteiger partial charge is 0.342 e. The van der Waals surface area contributed by atoms with Crippen LogP contribution in [-0.4, -0.2) is 32.8 Å². The summed E-state index contributed by atoms with van der Waals surface area (Å²) in [5, 5.41) is 17.0. The summed E-state index contributed by atoms with van der Waals surface area (Å²) in [4.78, 5) is 34.4. The van der Waals surface area contributed by atoms with Crippen LogP contribution in [0.2, 0.25) is 0 Å². The number of aromatic amines is 2. The van der Waals surface area contributed by atoms with E-state index in [0.29, 0.717) is 19.4 Å². The topological polar surface area (TPSA) is 128 Å². The first kappa shape index (κ1) is 12.9. The number of nitrogens with one attached hydrogen (secondary N) is 3. The number of carbonyl (C=O) groups is 1. The number of H-pyrrole nitrogens is 2. The van der Waals surface area contributed by atoms with Crippen molar-refractivity contribution in [2.24, 2.45) is 5.92 Å². The summed E-state index contributed by atoms with van der Waals surface area (Å²) >= 11 is 0. The van der Waals surface area contributed by atoms with Gasteiger partial charge in [-0.2, -0.15) is 0 Å². The van der Waals surface area contributed by atoms with E-state index in [0.717, 1.165) is 0 Å². The van der Waals surface area contributed by atoms with E-state index in [1.165, 1.54) is 0 Å². The zero-order valence-corrected chi connectivity index (χ0v) is 9.32. The van der Waals surface area contributed by atoms with Gasteiger partial charge in [0.1, 0.15) is 0 Å². The van der Waals surface area contributed by atoms with Gasteiger partial charge in [-0.05, 0) is 12.8 Å². The molecule has 1 aromatic rings. The van der Waals surface area contributed by atoms with Gasteiger partial charge in [0.25, 0.3) is 5.56 Å². The summed E-state index contributed by atoms with van der Waals surface area (Å²) in [6, 6.07) is 0. The minimum absolute atomic E-state index is 0.0209. The molecule has 0 aliphatic rings. The summed E-state index contributed by atoms with van der Waals surface area (Å²) in [7, 11) is 0. The van der Waals surface area contributed by atoms with Crippen molar-refractivity contribution in [1.82, 2.24) is 15.2 Å². The van der Waals surface area contributed by atoms with Crippen LogP contribution < -0.4 is 16.6 Å². The molecule has 0 aliphatic heterocycles. The van der Waals surface area contributed by atoms with Crippen molar-refractivity contribution in [2.45, 2.75) is 19.8 Å². The molecule has 0 amide bonds. The molecule has 0 fully saturated rings. The predicted molar refractivity (Wildman–Crippen MR) is 60.0 cm³/mol. The highest BCUT2D eigenvalue weighted by Gasteiger charge is 2.09. The van der Waals surface area contributed by atoms with Crippen LogP contribution in [0.1, 0.15) is 19.8 Å². The largest absolute Gasteiger partial charge is 0.481 e. The lowest BCUT2D eigenvalue weighted by Gasteiger charge is -2.06. The standard InChI is InChI=1S/C9H14N4O4/c1-5(8(15)16)3-2-4-10-6-7(14)11-9(17)13-12-6/h5H,2-4H2,1H3,(H,10,12)(H,15,16)(H2,11,13,14,17). The highest BCUT2D eigenvalue weighted by molar-refractivity contribution is 5.69. The maximum absolute atomic E-state index is 11.2. The maximum atomic E-state index is 11.2. The fourth-order valence-electron chi connectivity index (χ4n) is 1.21. The van der Waals surface area contributed by atoms with E-state index in [1.807, 2.05) is 4.98 Å². The van der Waals surface area contributed by atoms with E-state index in [9.17, 15) is 14.4 Å². The predicted octanol–water partition coefficient (Wildman–Crippen LogP) is -0.629. The van der Waals surface area contributed by atoms with Crippen molar-refractivity contribution in [2.75, 3.05) is 11.9 Å². The first-order valence-corrected chi connectivity index (χ1v) is 5.16. The van der Waals surface area contributed by atoms with Crippen LogP contribution in [0, 0.1) is 5.92 Å². The molecule has 1 atom stereocenters. The number of nitrogens with zero attached hydrogens (tertiary/aromatic N) is 1. The van der Waals surface area contributed by atoms with Crippen LogP contribution in [0.25, 0.3) is 0 Å². The van der Waals surface area contributed by atoms with Crippen molar-refractivity contribution in [1.29, 1.82) is 0 Å². The molecule has 94 valence electrons. The number of anilines is 1. The Morgan fingerprint density at radius 3 is 2.82 bits per heavy atom. The molecular weight excluding hydrogens is 228 g/mol. The van der Waals surface area contributed by atoms with Gasteiger partial charge in [0, 0.05) is 6.54 Å². The second-order valence-electron chi connectivity index (χ2n) is 3.66. The second kappa shape index (κ2) is 5.83.